The van der Waals surface area contributed by atoms with Gasteiger partial charge >= 0.3 is 5.97 Å². The second kappa shape index (κ2) is 6.16. The molecule has 90 valence electrons. The molecule has 1 atom stereocenters. The van der Waals surface area contributed by atoms with E-state index in [0.29, 0.717) is 13.2 Å². The van der Waals surface area contributed by atoms with E-state index in [4.69, 9.17) is 9.47 Å². The molecule has 0 fully saturated rings. The highest BCUT2D eigenvalue weighted by Gasteiger charge is 2.20. The number of methoxy groups -OCH3 is 1. The molecule has 1 aromatic heterocycles. The number of aromatic nitrogens is 4. The van der Waals surface area contributed by atoms with Crippen molar-refractivity contribution in [3.63, 3.8) is 0 Å². The van der Waals surface area contributed by atoms with E-state index in [0.717, 1.165) is 6.42 Å². The number of esters is 1. The van der Waals surface area contributed by atoms with Crippen LogP contribution in [0.4, 0.5) is 0 Å². The Labute approximate surface area is 93.7 Å². The SMILES string of the molecule is CCOC(=O)c1nnnn1C(C)CCOC. The number of rotatable bonds is 6. The highest BCUT2D eigenvalue weighted by molar-refractivity contribution is 5.85. The zero-order chi connectivity index (χ0) is 12.0. The fourth-order valence-corrected chi connectivity index (χ4v) is 1.23. The number of carbonyl (C=O) groups is 1. The van der Waals surface area contributed by atoms with Crippen molar-refractivity contribution in [2.45, 2.75) is 26.3 Å². The fourth-order valence-electron chi connectivity index (χ4n) is 1.23. The third kappa shape index (κ3) is 2.99. The van der Waals surface area contributed by atoms with Crippen LogP contribution in [0.5, 0.6) is 0 Å². The predicted octanol–water partition coefficient (Wildman–Crippen LogP) is 0.447. The molecule has 1 unspecified atom stereocenters. The molecule has 0 aliphatic rings. The molecule has 7 nitrogen and oxygen atoms in total. The van der Waals surface area contributed by atoms with Crippen molar-refractivity contribution in [3.8, 4) is 0 Å². The Kier molecular flexibility index (Phi) is 4.84. The lowest BCUT2D eigenvalue weighted by Gasteiger charge is -2.11. The maximum atomic E-state index is 11.5. The third-order valence-corrected chi connectivity index (χ3v) is 2.11. The fraction of sp³-hybridized carbons (Fsp3) is 0.778. The summed E-state index contributed by atoms with van der Waals surface area (Å²) in [5.41, 5.74) is 0. The Hall–Kier alpha value is -1.50. The summed E-state index contributed by atoms with van der Waals surface area (Å²) in [6, 6.07) is -0.00523. The van der Waals surface area contributed by atoms with E-state index in [1.54, 1.807) is 14.0 Å². The first-order chi connectivity index (χ1) is 7.70. The quantitative estimate of drug-likeness (QED) is 0.657. The zero-order valence-corrected chi connectivity index (χ0v) is 9.71. The first kappa shape index (κ1) is 12.6. The van der Waals surface area contributed by atoms with Gasteiger partial charge in [-0.1, -0.05) is 0 Å². The van der Waals surface area contributed by atoms with Gasteiger partial charge in [0.1, 0.15) is 0 Å². The first-order valence-electron chi connectivity index (χ1n) is 5.14. The summed E-state index contributed by atoms with van der Waals surface area (Å²) in [5, 5.41) is 10.9. The summed E-state index contributed by atoms with van der Waals surface area (Å²) >= 11 is 0. The van der Waals surface area contributed by atoms with Gasteiger partial charge in [0.05, 0.1) is 12.6 Å². The maximum absolute atomic E-state index is 11.5. The van der Waals surface area contributed by atoms with Gasteiger partial charge in [-0.05, 0) is 30.7 Å². The van der Waals surface area contributed by atoms with Crippen molar-refractivity contribution in [1.82, 2.24) is 20.2 Å². The summed E-state index contributed by atoms with van der Waals surface area (Å²) in [6.07, 6.45) is 0.730. The molecule has 0 amide bonds. The molecule has 0 aromatic carbocycles. The van der Waals surface area contributed by atoms with Gasteiger partial charge in [0.25, 0.3) is 5.82 Å². The van der Waals surface area contributed by atoms with Gasteiger partial charge in [0.2, 0.25) is 0 Å². The van der Waals surface area contributed by atoms with Crippen LogP contribution in [-0.4, -0.2) is 46.5 Å². The lowest BCUT2D eigenvalue weighted by atomic mass is 10.2. The minimum atomic E-state index is -0.503. The van der Waals surface area contributed by atoms with Crippen LogP contribution in [0.2, 0.25) is 0 Å². The number of carbonyl (C=O) groups excluding carboxylic acids is 1. The minimum Gasteiger partial charge on any atom is -0.460 e. The number of hydrogen-bond donors (Lipinski definition) is 0. The van der Waals surface area contributed by atoms with Crippen LogP contribution in [0.1, 0.15) is 36.9 Å². The van der Waals surface area contributed by atoms with Crippen molar-refractivity contribution in [3.05, 3.63) is 5.82 Å². The third-order valence-electron chi connectivity index (χ3n) is 2.11. The molecular formula is C9H16N4O3. The molecule has 1 rings (SSSR count). The number of nitrogens with zero attached hydrogens (tertiary/aromatic N) is 4. The lowest BCUT2D eigenvalue weighted by Crippen LogP contribution is -2.18. The Morgan fingerprint density at radius 3 is 2.94 bits per heavy atom. The van der Waals surface area contributed by atoms with Gasteiger partial charge in [0, 0.05) is 13.7 Å². The molecule has 0 bridgehead atoms. The van der Waals surface area contributed by atoms with E-state index in [2.05, 4.69) is 15.5 Å². The van der Waals surface area contributed by atoms with Gasteiger partial charge in [-0.15, -0.1) is 5.10 Å². The van der Waals surface area contributed by atoms with Crippen molar-refractivity contribution >= 4 is 5.97 Å². The van der Waals surface area contributed by atoms with Crippen LogP contribution in [0.15, 0.2) is 0 Å². The van der Waals surface area contributed by atoms with Crippen molar-refractivity contribution < 1.29 is 14.3 Å². The van der Waals surface area contributed by atoms with E-state index < -0.39 is 5.97 Å². The van der Waals surface area contributed by atoms with Gasteiger partial charge in [-0.25, -0.2) is 9.48 Å². The highest BCUT2D eigenvalue weighted by atomic mass is 16.5. The lowest BCUT2D eigenvalue weighted by molar-refractivity contribution is 0.0499. The molecule has 0 saturated heterocycles. The van der Waals surface area contributed by atoms with Crippen LogP contribution in [0, 0.1) is 0 Å². The predicted molar refractivity (Wildman–Crippen MR) is 55.0 cm³/mol. The van der Waals surface area contributed by atoms with Crippen LogP contribution >= 0.6 is 0 Å². The second-order valence-corrected chi connectivity index (χ2v) is 3.30. The van der Waals surface area contributed by atoms with E-state index in [9.17, 15) is 4.79 Å². The molecule has 16 heavy (non-hydrogen) atoms. The van der Waals surface area contributed by atoms with E-state index in [-0.39, 0.29) is 11.9 Å². The van der Waals surface area contributed by atoms with Crippen molar-refractivity contribution in [1.29, 1.82) is 0 Å². The standard InChI is InChI=1S/C9H16N4O3/c1-4-16-9(14)8-10-11-12-13(8)7(2)5-6-15-3/h7H,4-6H2,1-3H3. The minimum absolute atomic E-state index is 0.00523. The maximum Gasteiger partial charge on any atom is 0.378 e. The Morgan fingerprint density at radius 2 is 2.31 bits per heavy atom. The molecule has 1 heterocycles. The zero-order valence-electron chi connectivity index (χ0n) is 9.71. The van der Waals surface area contributed by atoms with E-state index in [1.807, 2.05) is 6.92 Å². The van der Waals surface area contributed by atoms with Gasteiger partial charge in [-0.2, -0.15) is 0 Å². The largest absolute Gasteiger partial charge is 0.460 e. The second-order valence-electron chi connectivity index (χ2n) is 3.30. The Balaban J connectivity index is 2.72. The Bertz CT molecular complexity index is 339. The molecule has 1 aromatic rings. The van der Waals surface area contributed by atoms with E-state index >= 15 is 0 Å². The summed E-state index contributed by atoms with van der Waals surface area (Å²) in [4.78, 5) is 11.5. The number of ether oxygens (including phenoxy) is 2. The molecule has 0 aliphatic heterocycles. The molecule has 7 heteroatoms. The van der Waals surface area contributed by atoms with Crippen molar-refractivity contribution in [2.75, 3.05) is 20.3 Å². The van der Waals surface area contributed by atoms with E-state index in [1.165, 1.54) is 4.68 Å². The summed E-state index contributed by atoms with van der Waals surface area (Å²) in [7, 11) is 1.62. The molecule has 0 aliphatic carbocycles. The smallest absolute Gasteiger partial charge is 0.378 e. The molecule has 0 spiro atoms. The average molecular weight is 228 g/mol. The van der Waals surface area contributed by atoms with Gasteiger partial charge in [-0.3, -0.25) is 0 Å². The van der Waals surface area contributed by atoms with Crippen LogP contribution in [0.3, 0.4) is 0 Å². The van der Waals surface area contributed by atoms with Crippen molar-refractivity contribution in [2.24, 2.45) is 0 Å². The average Bonchev–Trinajstić information content (AvgIpc) is 2.75. The molecule has 0 radical (unpaired) electrons. The monoisotopic (exact) mass is 228 g/mol. The summed E-state index contributed by atoms with van der Waals surface area (Å²) < 4.78 is 11.3. The van der Waals surface area contributed by atoms with Crippen LogP contribution < -0.4 is 0 Å². The molecule has 0 saturated carbocycles. The number of hydrogen-bond acceptors (Lipinski definition) is 6. The highest BCUT2D eigenvalue weighted by Crippen LogP contribution is 2.11. The summed E-state index contributed by atoms with van der Waals surface area (Å²) in [5.74, 6) is -0.373. The first-order valence-corrected chi connectivity index (χ1v) is 5.14. The van der Waals surface area contributed by atoms with Crippen LogP contribution in [0.25, 0.3) is 0 Å². The van der Waals surface area contributed by atoms with Gasteiger partial charge < -0.3 is 9.47 Å². The summed E-state index contributed by atoms with van der Waals surface area (Å²) in [6.45, 7) is 4.54. The van der Waals surface area contributed by atoms with Crippen LogP contribution in [-0.2, 0) is 9.47 Å². The molecular weight excluding hydrogens is 212 g/mol. The normalized spacial score (nSPS) is 12.4. The molecule has 0 N–H and O–H groups in total. The number of tetrazole rings is 1. The topological polar surface area (TPSA) is 79.1 Å². The van der Waals surface area contributed by atoms with Gasteiger partial charge in [0.15, 0.2) is 0 Å². The Morgan fingerprint density at radius 1 is 1.56 bits per heavy atom.